The van der Waals surface area contributed by atoms with E-state index in [1.807, 2.05) is 0 Å². The second kappa shape index (κ2) is 6.74. The van der Waals surface area contributed by atoms with Gasteiger partial charge in [-0.25, -0.2) is 0 Å². The van der Waals surface area contributed by atoms with Gasteiger partial charge in [-0.1, -0.05) is 17.7 Å². The molecule has 2 aromatic carbocycles. The number of nitro groups is 1. The maximum absolute atomic E-state index is 10.8. The predicted molar refractivity (Wildman–Crippen MR) is 85.9 cm³/mol. The lowest BCUT2D eigenvalue weighted by atomic mass is 10.2. The Morgan fingerprint density at radius 3 is 2.33 bits per heavy atom. The maximum atomic E-state index is 10.8. The minimum atomic E-state index is -0.498. The number of halogens is 3. The van der Waals surface area contributed by atoms with E-state index in [0.717, 1.165) is 0 Å². The van der Waals surface area contributed by atoms with E-state index in [0.29, 0.717) is 31.0 Å². The average Bonchev–Trinajstić information content (AvgIpc) is 2.43. The highest BCUT2D eigenvalue weighted by molar-refractivity contribution is 9.11. The van der Waals surface area contributed by atoms with Crippen LogP contribution in [0.15, 0.2) is 39.3 Å². The first kappa shape index (κ1) is 16.2. The molecular formula is C13H8Br2ClNO4. The lowest BCUT2D eigenvalue weighted by Gasteiger charge is -2.11. The second-order valence-corrected chi connectivity index (χ2v) is 6.14. The summed E-state index contributed by atoms with van der Waals surface area (Å²) >= 11 is 12.5. The van der Waals surface area contributed by atoms with E-state index in [1.165, 1.54) is 12.1 Å². The Labute approximate surface area is 141 Å². The van der Waals surface area contributed by atoms with Gasteiger partial charge in [0.25, 0.3) is 5.69 Å². The van der Waals surface area contributed by atoms with E-state index in [9.17, 15) is 10.1 Å². The second-order valence-electron chi connectivity index (χ2n) is 4.02. The molecule has 0 unspecified atom stereocenters. The summed E-state index contributed by atoms with van der Waals surface area (Å²) in [4.78, 5) is 10.3. The van der Waals surface area contributed by atoms with Gasteiger partial charge in [0.2, 0.25) is 0 Å². The Bertz CT molecular complexity index is 686. The fourth-order valence-corrected chi connectivity index (χ4v) is 3.15. The Balaban J connectivity index is 2.38. The highest BCUT2D eigenvalue weighted by atomic mass is 79.9. The molecule has 0 spiro atoms. The summed E-state index contributed by atoms with van der Waals surface area (Å²) < 4.78 is 6.52. The van der Waals surface area contributed by atoms with Gasteiger partial charge in [-0.15, -0.1) is 0 Å². The third-order valence-electron chi connectivity index (χ3n) is 2.58. The molecule has 8 heteroatoms. The molecule has 0 saturated carbocycles. The summed E-state index contributed by atoms with van der Waals surface area (Å²) in [6.45, 7) is -0.120. The highest BCUT2D eigenvalue weighted by Crippen LogP contribution is 2.41. The molecule has 0 aromatic heterocycles. The first-order valence-electron chi connectivity index (χ1n) is 5.63. The lowest BCUT2D eigenvalue weighted by molar-refractivity contribution is -0.385. The number of ether oxygens (including phenoxy) is 1. The van der Waals surface area contributed by atoms with E-state index < -0.39 is 4.92 Å². The molecule has 5 nitrogen and oxygen atoms in total. The van der Waals surface area contributed by atoms with Crippen LogP contribution in [0.1, 0.15) is 5.56 Å². The molecule has 0 radical (unpaired) electrons. The molecule has 0 amide bonds. The molecule has 1 N–H and O–H groups in total. The first-order chi connectivity index (χ1) is 9.92. The Morgan fingerprint density at radius 2 is 1.86 bits per heavy atom. The minimum Gasteiger partial charge on any atom is -0.453 e. The van der Waals surface area contributed by atoms with Crippen molar-refractivity contribution in [1.29, 1.82) is 0 Å². The van der Waals surface area contributed by atoms with Crippen molar-refractivity contribution >= 4 is 49.1 Å². The van der Waals surface area contributed by atoms with Crippen LogP contribution in [0, 0.1) is 10.1 Å². The number of benzene rings is 2. The third-order valence-corrected chi connectivity index (χ3v) is 4.06. The third kappa shape index (κ3) is 3.74. The zero-order valence-corrected chi connectivity index (χ0v) is 14.3. The van der Waals surface area contributed by atoms with Gasteiger partial charge in [0.15, 0.2) is 5.75 Å². The molecule has 0 atom stereocenters. The van der Waals surface area contributed by atoms with E-state index >= 15 is 0 Å². The van der Waals surface area contributed by atoms with Crippen LogP contribution < -0.4 is 4.74 Å². The summed E-state index contributed by atoms with van der Waals surface area (Å²) in [5.41, 5.74) is 0.594. The number of nitrogens with zero attached hydrogens (tertiary/aromatic N) is 1. The van der Waals surface area contributed by atoms with Crippen molar-refractivity contribution in [3.63, 3.8) is 0 Å². The molecule has 0 fully saturated rings. The zero-order chi connectivity index (χ0) is 15.6. The number of nitro benzene ring substituents is 1. The average molecular weight is 437 g/mol. The fraction of sp³-hybridized carbons (Fsp3) is 0.0769. The molecule has 21 heavy (non-hydrogen) atoms. The van der Waals surface area contributed by atoms with Crippen molar-refractivity contribution in [3.05, 3.63) is 60.0 Å². The van der Waals surface area contributed by atoms with Crippen molar-refractivity contribution in [1.82, 2.24) is 0 Å². The van der Waals surface area contributed by atoms with Crippen molar-refractivity contribution < 1.29 is 14.8 Å². The van der Waals surface area contributed by atoms with Gasteiger partial charge in [-0.05, 0) is 49.6 Å². The molecule has 2 rings (SSSR count). The molecule has 0 bridgehead atoms. The zero-order valence-electron chi connectivity index (χ0n) is 10.3. The summed E-state index contributed by atoms with van der Waals surface area (Å²) in [5.74, 6) is 0.753. The molecule has 0 aliphatic carbocycles. The number of aliphatic hydroxyl groups excluding tert-OH is 1. The number of rotatable bonds is 4. The summed E-state index contributed by atoms with van der Waals surface area (Å²) in [6, 6.07) is 7.57. The maximum Gasteiger partial charge on any atom is 0.271 e. The largest absolute Gasteiger partial charge is 0.453 e. The molecule has 2 aromatic rings. The van der Waals surface area contributed by atoms with Gasteiger partial charge in [0, 0.05) is 12.1 Å². The Kier molecular flexibility index (Phi) is 5.21. The SMILES string of the molecule is O=[N+]([O-])c1cc(Br)c(Oc2ccc(CO)cc2Cl)c(Br)c1. The van der Waals surface area contributed by atoms with E-state index in [2.05, 4.69) is 31.9 Å². The fourth-order valence-electron chi connectivity index (χ4n) is 1.58. The van der Waals surface area contributed by atoms with Gasteiger partial charge < -0.3 is 9.84 Å². The van der Waals surface area contributed by atoms with Gasteiger partial charge in [-0.3, -0.25) is 10.1 Å². The minimum absolute atomic E-state index is 0.0668. The first-order valence-corrected chi connectivity index (χ1v) is 7.59. The molecule has 110 valence electrons. The van der Waals surface area contributed by atoms with E-state index in [-0.39, 0.29) is 12.3 Å². The van der Waals surface area contributed by atoms with Crippen LogP contribution in [0.4, 0.5) is 5.69 Å². The Morgan fingerprint density at radius 1 is 1.24 bits per heavy atom. The molecule has 0 saturated heterocycles. The lowest BCUT2D eigenvalue weighted by Crippen LogP contribution is -1.93. The number of hydrogen-bond donors (Lipinski definition) is 1. The summed E-state index contributed by atoms with van der Waals surface area (Å²) in [6.07, 6.45) is 0. The van der Waals surface area contributed by atoms with E-state index in [1.54, 1.807) is 18.2 Å². The van der Waals surface area contributed by atoms with Gasteiger partial charge in [0.1, 0.15) is 5.75 Å². The van der Waals surface area contributed by atoms with Crippen molar-refractivity contribution in [2.75, 3.05) is 0 Å². The van der Waals surface area contributed by atoms with Crippen LogP contribution in [0.5, 0.6) is 11.5 Å². The van der Waals surface area contributed by atoms with Crippen molar-refractivity contribution in [2.45, 2.75) is 6.61 Å². The van der Waals surface area contributed by atoms with E-state index in [4.69, 9.17) is 21.4 Å². The molecule has 0 aliphatic heterocycles. The molecule has 0 heterocycles. The number of hydrogen-bond acceptors (Lipinski definition) is 4. The van der Waals surface area contributed by atoms with Gasteiger partial charge in [0.05, 0.1) is 25.5 Å². The van der Waals surface area contributed by atoms with Gasteiger partial charge in [-0.2, -0.15) is 0 Å². The summed E-state index contributed by atoms with van der Waals surface area (Å²) in [7, 11) is 0. The molecular weight excluding hydrogens is 429 g/mol. The Hall–Kier alpha value is -1.15. The van der Waals surface area contributed by atoms with Crippen LogP contribution in [0.25, 0.3) is 0 Å². The monoisotopic (exact) mass is 435 g/mol. The quantitative estimate of drug-likeness (QED) is 0.536. The summed E-state index contributed by atoms with van der Waals surface area (Å²) in [5, 5.41) is 20.1. The predicted octanol–water partition coefficient (Wildman–Crippen LogP) is 5.06. The highest BCUT2D eigenvalue weighted by Gasteiger charge is 2.16. The number of non-ortho nitro benzene ring substituents is 1. The van der Waals surface area contributed by atoms with Crippen LogP contribution in [0.2, 0.25) is 5.02 Å². The normalized spacial score (nSPS) is 10.5. The van der Waals surface area contributed by atoms with Gasteiger partial charge >= 0.3 is 0 Å². The van der Waals surface area contributed by atoms with Crippen molar-refractivity contribution in [3.8, 4) is 11.5 Å². The van der Waals surface area contributed by atoms with Crippen LogP contribution in [-0.2, 0) is 6.61 Å². The van der Waals surface area contributed by atoms with Crippen LogP contribution in [-0.4, -0.2) is 10.0 Å². The van der Waals surface area contributed by atoms with Crippen molar-refractivity contribution in [2.24, 2.45) is 0 Å². The standard InChI is InChI=1S/C13H8Br2ClNO4/c14-9-4-8(17(19)20)5-10(15)13(9)21-12-2-1-7(6-18)3-11(12)16/h1-5,18H,6H2. The number of aliphatic hydroxyl groups is 1. The van der Waals surface area contributed by atoms with Crippen LogP contribution in [0.3, 0.4) is 0 Å². The topological polar surface area (TPSA) is 72.6 Å². The smallest absolute Gasteiger partial charge is 0.271 e. The molecule has 0 aliphatic rings. The van der Waals surface area contributed by atoms with Crippen LogP contribution >= 0.6 is 43.5 Å².